The first-order chi connectivity index (χ1) is 9.65. The summed E-state index contributed by atoms with van der Waals surface area (Å²) >= 11 is 5.78. The van der Waals surface area contributed by atoms with Crippen LogP contribution in [0.25, 0.3) is 0 Å². The average molecular weight is 292 g/mol. The predicted octanol–water partition coefficient (Wildman–Crippen LogP) is 2.06. The molecule has 2 rings (SSSR count). The van der Waals surface area contributed by atoms with Gasteiger partial charge in [-0.05, 0) is 36.2 Å². The maximum absolute atomic E-state index is 11.6. The fourth-order valence-electron chi connectivity index (χ4n) is 1.64. The third kappa shape index (κ3) is 4.13. The largest absolute Gasteiger partial charge is 0.357 e. The highest BCUT2D eigenvalue weighted by atomic mass is 35.5. The summed E-state index contributed by atoms with van der Waals surface area (Å²) < 4.78 is 0. The molecular weight excluding hydrogens is 278 g/mol. The van der Waals surface area contributed by atoms with Gasteiger partial charge in [-0.1, -0.05) is 23.7 Å². The SMILES string of the molecule is O=C(CCc1ccc(Cl)cc1)NNC(=O)c1ccc[nH]1. The Bertz CT molecular complexity index is 579. The van der Waals surface area contributed by atoms with Gasteiger partial charge in [0.15, 0.2) is 0 Å². The lowest BCUT2D eigenvalue weighted by atomic mass is 10.1. The Morgan fingerprint density at radius 3 is 2.50 bits per heavy atom. The number of hydrazine groups is 1. The Morgan fingerprint density at radius 2 is 1.85 bits per heavy atom. The first-order valence-corrected chi connectivity index (χ1v) is 6.50. The van der Waals surface area contributed by atoms with Gasteiger partial charge in [-0.15, -0.1) is 0 Å². The van der Waals surface area contributed by atoms with E-state index in [4.69, 9.17) is 11.6 Å². The van der Waals surface area contributed by atoms with Gasteiger partial charge in [-0.3, -0.25) is 20.4 Å². The average Bonchev–Trinajstić information content (AvgIpc) is 2.98. The van der Waals surface area contributed by atoms with Gasteiger partial charge in [-0.25, -0.2) is 0 Å². The van der Waals surface area contributed by atoms with Crippen molar-refractivity contribution >= 4 is 23.4 Å². The van der Waals surface area contributed by atoms with Gasteiger partial charge in [0.1, 0.15) is 5.69 Å². The normalized spacial score (nSPS) is 10.1. The third-order valence-electron chi connectivity index (χ3n) is 2.71. The van der Waals surface area contributed by atoms with Crippen molar-refractivity contribution in [2.45, 2.75) is 12.8 Å². The van der Waals surface area contributed by atoms with Crippen LogP contribution in [0.1, 0.15) is 22.5 Å². The lowest BCUT2D eigenvalue weighted by Crippen LogP contribution is -2.41. The van der Waals surface area contributed by atoms with E-state index < -0.39 is 0 Å². The summed E-state index contributed by atoms with van der Waals surface area (Å²) in [4.78, 5) is 25.9. The molecule has 0 radical (unpaired) electrons. The summed E-state index contributed by atoms with van der Waals surface area (Å²) in [5.41, 5.74) is 6.11. The van der Waals surface area contributed by atoms with E-state index in [0.29, 0.717) is 17.1 Å². The molecule has 20 heavy (non-hydrogen) atoms. The van der Waals surface area contributed by atoms with Crippen molar-refractivity contribution < 1.29 is 9.59 Å². The van der Waals surface area contributed by atoms with Crippen molar-refractivity contribution in [3.05, 3.63) is 58.9 Å². The molecule has 0 aliphatic rings. The minimum absolute atomic E-state index is 0.250. The maximum Gasteiger partial charge on any atom is 0.286 e. The molecule has 2 amide bonds. The number of nitrogens with one attached hydrogen (secondary N) is 3. The zero-order chi connectivity index (χ0) is 14.4. The van der Waals surface area contributed by atoms with Crippen molar-refractivity contribution in [2.24, 2.45) is 0 Å². The number of hydrogen-bond acceptors (Lipinski definition) is 2. The first-order valence-electron chi connectivity index (χ1n) is 6.12. The number of aryl methyl sites for hydroxylation is 1. The number of carbonyl (C=O) groups is 2. The molecule has 0 atom stereocenters. The van der Waals surface area contributed by atoms with Crippen molar-refractivity contribution in [3.8, 4) is 0 Å². The number of H-pyrrole nitrogens is 1. The van der Waals surface area contributed by atoms with Crippen LogP contribution in [0.2, 0.25) is 5.02 Å². The fourth-order valence-corrected chi connectivity index (χ4v) is 1.76. The van der Waals surface area contributed by atoms with Crippen LogP contribution in [-0.4, -0.2) is 16.8 Å². The Hall–Kier alpha value is -2.27. The summed E-state index contributed by atoms with van der Waals surface area (Å²) in [6.07, 6.45) is 2.51. The van der Waals surface area contributed by atoms with Crippen LogP contribution in [-0.2, 0) is 11.2 Å². The number of amides is 2. The molecule has 1 aromatic heterocycles. The molecule has 1 heterocycles. The van der Waals surface area contributed by atoms with E-state index in [0.717, 1.165) is 5.56 Å². The molecule has 1 aromatic carbocycles. The molecule has 3 N–H and O–H groups in total. The zero-order valence-corrected chi connectivity index (χ0v) is 11.4. The molecule has 0 saturated heterocycles. The number of hydrogen-bond donors (Lipinski definition) is 3. The van der Waals surface area contributed by atoms with Crippen molar-refractivity contribution in [1.82, 2.24) is 15.8 Å². The Balaban J connectivity index is 1.73. The van der Waals surface area contributed by atoms with Crippen molar-refractivity contribution in [2.75, 3.05) is 0 Å². The summed E-state index contributed by atoms with van der Waals surface area (Å²) in [6, 6.07) is 10.6. The second kappa shape index (κ2) is 6.77. The van der Waals surface area contributed by atoms with E-state index in [9.17, 15) is 9.59 Å². The van der Waals surface area contributed by atoms with Crippen LogP contribution in [0, 0.1) is 0 Å². The molecule has 104 valence electrons. The monoisotopic (exact) mass is 291 g/mol. The number of halogens is 1. The van der Waals surface area contributed by atoms with Gasteiger partial charge >= 0.3 is 0 Å². The van der Waals surface area contributed by atoms with Gasteiger partial charge in [0.25, 0.3) is 5.91 Å². The van der Waals surface area contributed by atoms with E-state index in [-0.39, 0.29) is 18.2 Å². The predicted molar refractivity (Wildman–Crippen MR) is 76.2 cm³/mol. The van der Waals surface area contributed by atoms with Crippen LogP contribution in [0.3, 0.4) is 0 Å². The summed E-state index contributed by atoms with van der Waals surface area (Å²) in [7, 11) is 0. The second-order valence-electron chi connectivity index (χ2n) is 4.21. The van der Waals surface area contributed by atoms with E-state index in [2.05, 4.69) is 15.8 Å². The minimum atomic E-state index is -0.380. The smallest absolute Gasteiger partial charge is 0.286 e. The highest BCUT2D eigenvalue weighted by Crippen LogP contribution is 2.10. The van der Waals surface area contributed by atoms with Gasteiger partial charge in [0.05, 0.1) is 0 Å². The molecule has 0 unspecified atom stereocenters. The summed E-state index contributed by atoms with van der Waals surface area (Å²) in [5, 5.41) is 0.663. The minimum Gasteiger partial charge on any atom is -0.357 e. The molecule has 0 fully saturated rings. The van der Waals surface area contributed by atoms with Crippen molar-refractivity contribution in [1.29, 1.82) is 0 Å². The lowest BCUT2D eigenvalue weighted by molar-refractivity contribution is -0.121. The summed E-state index contributed by atoms with van der Waals surface area (Å²) in [6.45, 7) is 0. The number of benzene rings is 1. The Labute approximate surface area is 121 Å². The molecule has 0 saturated carbocycles. The Kier molecular flexibility index (Phi) is 4.79. The van der Waals surface area contributed by atoms with Gasteiger partial charge in [0.2, 0.25) is 5.91 Å². The maximum atomic E-state index is 11.6. The molecule has 0 aliphatic carbocycles. The van der Waals surface area contributed by atoms with Gasteiger partial charge in [-0.2, -0.15) is 0 Å². The molecule has 0 bridgehead atoms. The first kappa shape index (κ1) is 14.1. The molecular formula is C14H14ClN3O2. The molecule has 5 nitrogen and oxygen atoms in total. The lowest BCUT2D eigenvalue weighted by Gasteiger charge is -2.06. The zero-order valence-electron chi connectivity index (χ0n) is 10.7. The van der Waals surface area contributed by atoms with Crippen LogP contribution in [0.5, 0.6) is 0 Å². The van der Waals surface area contributed by atoms with Crippen LogP contribution in [0.4, 0.5) is 0 Å². The second-order valence-corrected chi connectivity index (χ2v) is 4.65. The Morgan fingerprint density at radius 1 is 1.10 bits per heavy atom. The van der Waals surface area contributed by atoms with E-state index in [1.807, 2.05) is 12.1 Å². The highest BCUT2D eigenvalue weighted by Gasteiger charge is 2.07. The molecule has 0 spiro atoms. The number of carbonyl (C=O) groups excluding carboxylic acids is 2. The van der Waals surface area contributed by atoms with Gasteiger partial charge in [0, 0.05) is 17.6 Å². The molecule has 0 aliphatic heterocycles. The van der Waals surface area contributed by atoms with E-state index in [1.54, 1.807) is 30.5 Å². The van der Waals surface area contributed by atoms with E-state index in [1.165, 1.54) is 0 Å². The molecule has 6 heteroatoms. The number of aromatic amines is 1. The topological polar surface area (TPSA) is 74.0 Å². The van der Waals surface area contributed by atoms with E-state index >= 15 is 0 Å². The van der Waals surface area contributed by atoms with Gasteiger partial charge < -0.3 is 4.98 Å². The van der Waals surface area contributed by atoms with Crippen LogP contribution < -0.4 is 10.9 Å². The van der Waals surface area contributed by atoms with Crippen LogP contribution in [0.15, 0.2) is 42.6 Å². The standard InChI is InChI=1S/C14H14ClN3O2/c15-11-6-3-10(4-7-11)5-8-13(19)17-18-14(20)12-2-1-9-16-12/h1-4,6-7,9,16H,5,8H2,(H,17,19)(H,18,20). The van der Waals surface area contributed by atoms with Crippen LogP contribution >= 0.6 is 11.6 Å². The van der Waals surface area contributed by atoms with Crippen molar-refractivity contribution in [3.63, 3.8) is 0 Å². The summed E-state index contributed by atoms with van der Waals surface area (Å²) in [5.74, 6) is -0.630. The fraction of sp³-hybridized carbons (Fsp3) is 0.143. The quantitative estimate of drug-likeness (QED) is 0.754. The molecule has 2 aromatic rings. The number of rotatable bonds is 4. The highest BCUT2D eigenvalue weighted by molar-refractivity contribution is 6.30. The number of aromatic nitrogens is 1. The third-order valence-corrected chi connectivity index (χ3v) is 2.96.